The Morgan fingerprint density at radius 2 is 1.83 bits per heavy atom. The van der Waals surface area contributed by atoms with Crippen molar-refractivity contribution in [3.63, 3.8) is 0 Å². The van der Waals surface area contributed by atoms with Gasteiger partial charge >= 0.3 is 0 Å². The highest BCUT2D eigenvalue weighted by Crippen LogP contribution is 2.31. The van der Waals surface area contributed by atoms with E-state index >= 15 is 0 Å². The van der Waals surface area contributed by atoms with Crippen LogP contribution in [0.25, 0.3) is 21.9 Å². The molecule has 0 amide bonds. The molecule has 0 aliphatic rings. The SMILES string of the molecule is COCCOCc1nc2c(N)nc3ccc(OCc4ccccc4)cc3c2n1C. The summed E-state index contributed by atoms with van der Waals surface area (Å²) >= 11 is 0. The molecule has 7 nitrogen and oxygen atoms in total. The lowest BCUT2D eigenvalue weighted by molar-refractivity contribution is 0.0578. The number of pyridine rings is 1. The third-order valence-electron chi connectivity index (χ3n) is 4.81. The lowest BCUT2D eigenvalue weighted by Gasteiger charge is -2.09. The number of fused-ring (bicyclic) bond motifs is 3. The Kier molecular flexibility index (Phi) is 5.59. The summed E-state index contributed by atoms with van der Waals surface area (Å²) in [7, 11) is 3.61. The van der Waals surface area contributed by atoms with Crippen LogP contribution in [0.1, 0.15) is 11.4 Å². The summed E-state index contributed by atoms with van der Waals surface area (Å²) in [6, 6.07) is 15.9. The van der Waals surface area contributed by atoms with Gasteiger partial charge in [-0.05, 0) is 23.8 Å². The second kappa shape index (κ2) is 8.46. The average molecular weight is 392 g/mol. The molecule has 7 heteroatoms. The monoisotopic (exact) mass is 392 g/mol. The maximum absolute atomic E-state index is 6.17. The van der Waals surface area contributed by atoms with Crippen molar-refractivity contribution in [2.75, 3.05) is 26.1 Å². The van der Waals surface area contributed by atoms with Crippen molar-refractivity contribution in [2.45, 2.75) is 13.2 Å². The Bertz CT molecular complexity index is 1130. The van der Waals surface area contributed by atoms with Crippen LogP contribution < -0.4 is 10.5 Å². The third-order valence-corrected chi connectivity index (χ3v) is 4.81. The van der Waals surface area contributed by atoms with E-state index in [-0.39, 0.29) is 0 Å². The van der Waals surface area contributed by atoms with E-state index in [4.69, 9.17) is 19.9 Å². The summed E-state index contributed by atoms with van der Waals surface area (Å²) in [4.78, 5) is 9.16. The first-order chi connectivity index (χ1) is 14.2. The molecule has 0 unspecified atom stereocenters. The minimum Gasteiger partial charge on any atom is -0.489 e. The first-order valence-corrected chi connectivity index (χ1v) is 9.45. The molecule has 29 heavy (non-hydrogen) atoms. The third kappa shape index (κ3) is 4.01. The van der Waals surface area contributed by atoms with Gasteiger partial charge in [0.2, 0.25) is 0 Å². The lowest BCUT2D eigenvalue weighted by Crippen LogP contribution is -2.05. The van der Waals surface area contributed by atoms with E-state index in [0.29, 0.717) is 37.8 Å². The van der Waals surface area contributed by atoms with E-state index in [1.807, 2.05) is 60.1 Å². The number of nitrogen functional groups attached to an aromatic ring is 1. The van der Waals surface area contributed by atoms with Gasteiger partial charge in [-0.2, -0.15) is 0 Å². The van der Waals surface area contributed by atoms with Gasteiger partial charge < -0.3 is 24.5 Å². The fourth-order valence-corrected chi connectivity index (χ4v) is 3.28. The number of ether oxygens (including phenoxy) is 3. The highest BCUT2D eigenvalue weighted by atomic mass is 16.5. The fourth-order valence-electron chi connectivity index (χ4n) is 3.28. The minimum atomic E-state index is 0.375. The molecule has 0 atom stereocenters. The van der Waals surface area contributed by atoms with Crippen LogP contribution in [0.3, 0.4) is 0 Å². The first kappa shape index (κ1) is 19.2. The predicted octanol–water partition coefficient (Wildman–Crippen LogP) is 3.45. The topological polar surface area (TPSA) is 84.4 Å². The minimum absolute atomic E-state index is 0.375. The number of rotatable bonds is 8. The van der Waals surface area contributed by atoms with Gasteiger partial charge in [0, 0.05) is 19.5 Å². The summed E-state index contributed by atoms with van der Waals surface area (Å²) < 4.78 is 18.7. The number of aryl methyl sites for hydroxylation is 1. The van der Waals surface area contributed by atoms with Crippen molar-refractivity contribution in [2.24, 2.45) is 7.05 Å². The number of aromatic nitrogens is 3. The Labute approximate surface area is 169 Å². The number of nitrogens with zero attached hydrogens (tertiary/aromatic N) is 3. The lowest BCUT2D eigenvalue weighted by atomic mass is 10.1. The van der Waals surface area contributed by atoms with Crippen molar-refractivity contribution >= 4 is 27.8 Å². The van der Waals surface area contributed by atoms with Crippen LogP contribution >= 0.6 is 0 Å². The van der Waals surface area contributed by atoms with Gasteiger partial charge in [-0.3, -0.25) is 0 Å². The second-order valence-electron chi connectivity index (χ2n) is 6.78. The number of benzene rings is 2. The summed E-state index contributed by atoms with van der Waals surface area (Å²) in [5.41, 5.74) is 9.68. The fraction of sp³-hybridized carbons (Fsp3) is 0.273. The molecule has 0 bridgehead atoms. The maximum atomic E-state index is 6.17. The van der Waals surface area contributed by atoms with Crippen molar-refractivity contribution in [1.29, 1.82) is 0 Å². The summed E-state index contributed by atoms with van der Waals surface area (Å²) in [6.07, 6.45) is 0. The quantitative estimate of drug-likeness (QED) is 0.463. The molecule has 0 aliphatic heterocycles. The zero-order valence-electron chi connectivity index (χ0n) is 16.6. The van der Waals surface area contributed by atoms with Crippen LogP contribution in [0.4, 0.5) is 5.82 Å². The Balaban J connectivity index is 1.67. The zero-order valence-corrected chi connectivity index (χ0v) is 16.6. The number of nitrogens with two attached hydrogens (primary N) is 1. The highest BCUT2D eigenvalue weighted by Gasteiger charge is 2.16. The average Bonchev–Trinajstić information content (AvgIpc) is 3.08. The first-order valence-electron chi connectivity index (χ1n) is 9.45. The van der Waals surface area contributed by atoms with E-state index in [9.17, 15) is 0 Å². The Morgan fingerprint density at radius 1 is 1.00 bits per heavy atom. The molecule has 0 aliphatic carbocycles. The standard InChI is InChI=1S/C22H24N4O3/c1-26-19(14-28-11-10-27-2)25-20-21(26)17-12-16(8-9-18(17)24-22(20)23)29-13-15-6-4-3-5-7-15/h3-9,12H,10-11,13-14H2,1-2H3,(H2,23,24). The van der Waals surface area contributed by atoms with Crippen LogP contribution in [0.15, 0.2) is 48.5 Å². The maximum Gasteiger partial charge on any atom is 0.152 e. The molecule has 2 aromatic heterocycles. The van der Waals surface area contributed by atoms with Crippen LogP contribution in [0.5, 0.6) is 5.75 Å². The van der Waals surface area contributed by atoms with Gasteiger partial charge in [-0.1, -0.05) is 30.3 Å². The zero-order chi connectivity index (χ0) is 20.2. The van der Waals surface area contributed by atoms with E-state index in [1.54, 1.807) is 7.11 Å². The molecule has 2 aromatic carbocycles. The van der Waals surface area contributed by atoms with E-state index < -0.39 is 0 Å². The molecular formula is C22H24N4O3. The van der Waals surface area contributed by atoms with Crippen molar-refractivity contribution < 1.29 is 14.2 Å². The van der Waals surface area contributed by atoms with Crippen molar-refractivity contribution in [3.05, 3.63) is 59.9 Å². The van der Waals surface area contributed by atoms with Crippen LogP contribution in [-0.4, -0.2) is 34.9 Å². The molecule has 4 rings (SSSR count). The van der Waals surface area contributed by atoms with E-state index in [1.165, 1.54) is 0 Å². The second-order valence-corrected chi connectivity index (χ2v) is 6.78. The van der Waals surface area contributed by atoms with Crippen LogP contribution in [0.2, 0.25) is 0 Å². The van der Waals surface area contributed by atoms with Gasteiger partial charge in [-0.15, -0.1) is 0 Å². The van der Waals surface area contributed by atoms with E-state index in [0.717, 1.165) is 33.6 Å². The number of anilines is 1. The van der Waals surface area contributed by atoms with Crippen LogP contribution in [-0.2, 0) is 29.7 Å². The van der Waals surface area contributed by atoms with Gasteiger partial charge in [0.1, 0.15) is 30.3 Å². The summed E-state index contributed by atoms with van der Waals surface area (Å²) in [5.74, 6) is 1.96. The smallest absolute Gasteiger partial charge is 0.152 e. The predicted molar refractivity (Wildman–Crippen MR) is 113 cm³/mol. The number of imidazole rings is 1. The molecule has 4 aromatic rings. The van der Waals surface area contributed by atoms with Crippen LogP contribution in [0, 0.1) is 0 Å². The molecule has 0 spiro atoms. The highest BCUT2D eigenvalue weighted by molar-refractivity contribution is 6.07. The molecule has 0 radical (unpaired) electrons. The molecule has 0 fully saturated rings. The normalized spacial score (nSPS) is 11.4. The number of hydrogen-bond acceptors (Lipinski definition) is 6. The summed E-state index contributed by atoms with van der Waals surface area (Å²) in [6.45, 7) is 1.92. The molecule has 2 N–H and O–H groups in total. The van der Waals surface area contributed by atoms with Crippen molar-refractivity contribution in [1.82, 2.24) is 14.5 Å². The molecule has 2 heterocycles. The van der Waals surface area contributed by atoms with Gasteiger partial charge in [0.25, 0.3) is 0 Å². The molecule has 0 saturated carbocycles. The molecule has 0 saturated heterocycles. The van der Waals surface area contributed by atoms with Gasteiger partial charge in [0.05, 0.1) is 24.2 Å². The van der Waals surface area contributed by atoms with Gasteiger partial charge in [0.15, 0.2) is 5.82 Å². The molecular weight excluding hydrogens is 368 g/mol. The summed E-state index contributed by atoms with van der Waals surface area (Å²) in [5, 5.41) is 0.943. The Hall–Kier alpha value is -3.16. The molecule has 150 valence electrons. The van der Waals surface area contributed by atoms with Crippen molar-refractivity contribution in [3.8, 4) is 5.75 Å². The number of methoxy groups -OCH3 is 1. The van der Waals surface area contributed by atoms with Gasteiger partial charge in [-0.25, -0.2) is 9.97 Å². The van der Waals surface area contributed by atoms with E-state index in [2.05, 4.69) is 9.97 Å². The number of hydrogen-bond donors (Lipinski definition) is 1. The largest absolute Gasteiger partial charge is 0.489 e. The Morgan fingerprint density at radius 3 is 2.62 bits per heavy atom.